The fraction of sp³-hybridized carbons (Fsp3) is 1.00. The molecule has 78 valence electrons. The van der Waals surface area contributed by atoms with E-state index in [2.05, 4.69) is 25.4 Å². The van der Waals surface area contributed by atoms with Crippen LogP contribution in [-0.4, -0.2) is 24.6 Å². The molecule has 13 heavy (non-hydrogen) atoms. The van der Waals surface area contributed by atoms with Crippen molar-refractivity contribution >= 4 is 11.8 Å². The van der Waals surface area contributed by atoms with E-state index in [9.17, 15) is 0 Å². The molecule has 0 heterocycles. The van der Waals surface area contributed by atoms with Crippen LogP contribution in [0.25, 0.3) is 0 Å². The van der Waals surface area contributed by atoms with Crippen LogP contribution in [-0.2, 0) is 0 Å². The number of thioether (sulfide) groups is 1. The Bertz CT molecular complexity index is 141. The molecular formula is C11H23NS. The SMILES string of the molecule is CSCCCC1(CNC(C)C)CC1. The van der Waals surface area contributed by atoms with Crippen molar-refractivity contribution < 1.29 is 0 Å². The van der Waals surface area contributed by atoms with Crippen LogP contribution in [0, 0.1) is 5.41 Å². The molecular weight excluding hydrogens is 178 g/mol. The van der Waals surface area contributed by atoms with Crippen LogP contribution in [0.1, 0.15) is 39.5 Å². The third kappa shape index (κ3) is 4.37. The summed E-state index contributed by atoms with van der Waals surface area (Å²) in [6.07, 6.45) is 7.96. The van der Waals surface area contributed by atoms with Crippen molar-refractivity contribution in [1.82, 2.24) is 5.32 Å². The highest BCUT2D eigenvalue weighted by Crippen LogP contribution is 2.49. The second-order valence-electron chi connectivity index (χ2n) is 4.63. The van der Waals surface area contributed by atoms with E-state index in [4.69, 9.17) is 0 Å². The summed E-state index contributed by atoms with van der Waals surface area (Å²) in [6, 6.07) is 0.651. The zero-order valence-corrected chi connectivity index (χ0v) is 10.0. The van der Waals surface area contributed by atoms with Crippen molar-refractivity contribution in [2.24, 2.45) is 5.41 Å². The molecule has 0 aliphatic heterocycles. The van der Waals surface area contributed by atoms with Crippen LogP contribution >= 0.6 is 11.8 Å². The van der Waals surface area contributed by atoms with E-state index in [0.29, 0.717) is 11.5 Å². The smallest absolute Gasteiger partial charge is 0.00106 e. The van der Waals surface area contributed by atoms with E-state index in [0.717, 1.165) is 0 Å². The van der Waals surface area contributed by atoms with Crippen molar-refractivity contribution in [3.05, 3.63) is 0 Å². The van der Waals surface area contributed by atoms with Crippen LogP contribution in [0.4, 0.5) is 0 Å². The molecule has 0 saturated heterocycles. The van der Waals surface area contributed by atoms with Crippen LogP contribution < -0.4 is 5.32 Å². The summed E-state index contributed by atoms with van der Waals surface area (Å²) in [5.74, 6) is 1.34. The lowest BCUT2D eigenvalue weighted by Gasteiger charge is -2.17. The fourth-order valence-corrected chi connectivity index (χ4v) is 2.14. The van der Waals surface area contributed by atoms with Crippen LogP contribution in [0.3, 0.4) is 0 Å². The van der Waals surface area contributed by atoms with Gasteiger partial charge in [-0.2, -0.15) is 11.8 Å². The van der Waals surface area contributed by atoms with Gasteiger partial charge in [0.15, 0.2) is 0 Å². The first-order valence-electron chi connectivity index (χ1n) is 5.41. The lowest BCUT2D eigenvalue weighted by atomic mass is 10.0. The second-order valence-corrected chi connectivity index (χ2v) is 5.62. The molecule has 0 atom stereocenters. The average molecular weight is 201 g/mol. The average Bonchev–Trinajstić information content (AvgIpc) is 2.83. The first-order valence-corrected chi connectivity index (χ1v) is 6.80. The normalized spacial score (nSPS) is 19.4. The first-order chi connectivity index (χ1) is 6.18. The number of hydrogen-bond acceptors (Lipinski definition) is 2. The number of rotatable bonds is 7. The predicted octanol–water partition coefficient (Wildman–Crippen LogP) is 2.91. The maximum Gasteiger partial charge on any atom is 0.00106 e. The summed E-state index contributed by atoms with van der Waals surface area (Å²) < 4.78 is 0. The van der Waals surface area contributed by atoms with Crippen molar-refractivity contribution in [1.29, 1.82) is 0 Å². The van der Waals surface area contributed by atoms with E-state index < -0.39 is 0 Å². The van der Waals surface area contributed by atoms with Crippen LogP contribution in [0.5, 0.6) is 0 Å². The summed E-state index contributed by atoms with van der Waals surface area (Å²) in [7, 11) is 0. The lowest BCUT2D eigenvalue weighted by Crippen LogP contribution is -2.29. The molecule has 0 aromatic carbocycles. The Kier molecular flexibility index (Phi) is 4.60. The zero-order chi connectivity index (χ0) is 9.73. The van der Waals surface area contributed by atoms with Gasteiger partial charge in [-0.3, -0.25) is 0 Å². The van der Waals surface area contributed by atoms with Gasteiger partial charge in [0.25, 0.3) is 0 Å². The zero-order valence-electron chi connectivity index (χ0n) is 9.23. The van der Waals surface area contributed by atoms with Crippen molar-refractivity contribution in [2.75, 3.05) is 18.6 Å². The molecule has 0 aromatic heterocycles. The minimum Gasteiger partial charge on any atom is -0.314 e. The quantitative estimate of drug-likeness (QED) is 0.636. The van der Waals surface area contributed by atoms with E-state index in [1.165, 1.54) is 38.0 Å². The number of nitrogens with one attached hydrogen (secondary N) is 1. The van der Waals surface area contributed by atoms with Gasteiger partial charge >= 0.3 is 0 Å². The third-order valence-corrected chi connectivity index (χ3v) is 3.59. The molecule has 0 unspecified atom stereocenters. The molecule has 1 saturated carbocycles. The Morgan fingerprint density at radius 3 is 2.54 bits per heavy atom. The monoisotopic (exact) mass is 201 g/mol. The second kappa shape index (κ2) is 5.26. The van der Waals surface area contributed by atoms with Crippen molar-refractivity contribution in [3.63, 3.8) is 0 Å². The topological polar surface area (TPSA) is 12.0 Å². The van der Waals surface area contributed by atoms with E-state index >= 15 is 0 Å². The fourth-order valence-electron chi connectivity index (χ4n) is 1.70. The molecule has 0 bridgehead atoms. The largest absolute Gasteiger partial charge is 0.314 e. The molecule has 1 nitrogen and oxygen atoms in total. The van der Waals surface area contributed by atoms with Crippen LogP contribution in [0.2, 0.25) is 0 Å². The van der Waals surface area contributed by atoms with E-state index in [-0.39, 0.29) is 0 Å². The Hall–Kier alpha value is 0.310. The Morgan fingerprint density at radius 2 is 2.08 bits per heavy atom. The highest BCUT2D eigenvalue weighted by atomic mass is 32.2. The van der Waals surface area contributed by atoms with Gasteiger partial charge in [-0.25, -0.2) is 0 Å². The molecule has 1 rings (SSSR count). The minimum absolute atomic E-state index is 0.651. The molecule has 1 aliphatic carbocycles. The molecule has 1 fully saturated rings. The molecule has 0 aromatic rings. The lowest BCUT2D eigenvalue weighted by molar-refractivity contribution is 0.403. The third-order valence-electron chi connectivity index (χ3n) is 2.90. The van der Waals surface area contributed by atoms with Crippen LogP contribution in [0.15, 0.2) is 0 Å². The highest BCUT2D eigenvalue weighted by Gasteiger charge is 2.41. The first kappa shape index (κ1) is 11.4. The van der Waals surface area contributed by atoms with Crippen molar-refractivity contribution in [2.45, 2.75) is 45.6 Å². The summed E-state index contributed by atoms with van der Waals surface area (Å²) in [4.78, 5) is 0. The molecule has 0 amide bonds. The molecule has 0 spiro atoms. The summed E-state index contributed by atoms with van der Waals surface area (Å²) in [5.41, 5.74) is 0.708. The minimum atomic E-state index is 0.651. The van der Waals surface area contributed by atoms with Gasteiger partial charge in [-0.05, 0) is 43.1 Å². The summed E-state index contributed by atoms with van der Waals surface area (Å²) in [6.45, 7) is 5.72. The standard InChI is InChI=1S/C11H23NS/c1-10(2)12-9-11(6-7-11)5-4-8-13-3/h10,12H,4-9H2,1-3H3. The predicted molar refractivity (Wildman–Crippen MR) is 62.4 cm³/mol. The van der Waals surface area contributed by atoms with Gasteiger partial charge in [0, 0.05) is 12.6 Å². The summed E-state index contributed by atoms with van der Waals surface area (Å²) >= 11 is 1.97. The highest BCUT2D eigenvalue weighted by molar-refractivity contribution is 7.98. The summed E-state index contributed by atoms with van der Waals surface area (Å²) in [5, 5.41) is 3.57. The Morgan fingerprint density at radius 1 is 1.38 bits per heavy atom. The van der Waals surface area contributed by atoms with E-state index in [1.807, 2.05) is 11.8 Å². The van der Waals surface area contributed by atoms with Gasteiger partial charge in [0.1, 0.15) is 0 Å². The molecule has 2 heteroatoms. The maximum atomic E-state index is 3.57. The Balaban J connectivity index is 2.08. The van der Waals surface area contributed by atoms with Gasteiger partial charge < -0.3 is 5.32 Å². The maximum absolute atomic E-state index is 3.57. The molecule has 1 aliphatic rings. The van der Waals surface area contributed by atoms with E-state index in [1.54, 1.807) is 0 Å². The van der Waals surface area contributed by atoms with Gasteiger partial charge in [-0.1, -0.05) is 13.8 Å². The molecule has 1 N–H and O–H groups in total. The van der Waals surface area contributed by atoms with Gasteiger partial charge in [0.05, 0.1) is 0 Å². The van der Waals surface area contributed by atoms with Crippen molar-refractivity contribution in [3.8, 4) is 0 Å². The Labute approximate surface area is 87.1 Å². The van der Waals surface area contributed by atoms with Gasteiger partial charge in [-0.15, -0.1) is 0 Å². The molecule has 0 radical (unpaired) electrons. The number of hydrogen-bond donors (Lipinski definition) is 1. The van der Waals surface area contributed by atoms with Gasteiger partial charge in [0.2, 0.25) is 0 Å².